The molecule has 7 heteroatoms. The van der Waals surface area contributed by atoms with Crippen LogP contribution >= 0.6 is 0 Å². The number of halogens is 2. The molecule has 122 valence electrons. The van der Waals surface area contributed by atoms with E-state index in [2.05, 4.69) is 5.32 Å². The van der Waals surface area contributed by atoms with Crippen molar-refractivity contribution in [2.24, 2.45) is 0 Å². The van der Waals surface area contributed by atoms with E-state index in [1.54, 1.807) is 4.90 Å². The quantitative estimate of drug-likeness (QED) is 0.856. The van der Waals surface area contributed by atoms with Gasteiger partial charge in [-0.05, 0) is 38.8 Å². The molecule has 21 heavy (non-hydrogen) atoms. The molecule has 0 aromatic carbocycles. The molecule has 1 unspecified atom stereocenters. The first-order valence-electron chi connectivity index (χ1n) is 7.68. The van der Waals surface area contributed by atoms with Gasteiger partial charge in [0.15, 0.2) is 0 Å². The predicted octanol–water partition coefficient (Wildman–Crippen LogP) is 1.54. The van der Waals surface area contributed by atoms with Gasteiger partial charge in [-0.2, -0.15) is 0 Å². The summed E-state index contributed by atoms with van der Waals surface area (Å²) in [7, 11) is 1.40. The number of piperidine rings is 2. The molecule has 0 spiro atoms. The molecule has 1 atom stereocenters. The molecular weight excluding hydrogens is 280 g/mol. The molecule has 2 heterocycles. The molecule has 2 saturated heterocycles. The van der Waals surface area contributed by atoms with E-state index in [1.807, 2.05) is 4.90 Å². The largest absolute Gasteiger partial charge is 0.453 e. The third-order valence-corrected chi connectivity index (χ3v) is 4.31. The second-order valence-corrected chi connectivity index (χ2v) is 5.89. The highest BCUT2D eigenvalue weighted by molar-refractivity contribution is 5.67. The third-order valence-electron chi connectivity index (χ3n) is 4.31. The van der Waals surface area contributed by atoms with Crippen molar-refractivity contribution in [3.05, 3.63) is 0 Å². The van der Waals surface area contributed by atoms with E-state index in [1.165, 1.54) is 7.11 Å². The Labute approximate surface area is 124 Å². The zero-order valence-electron chi connectivity index (χ0n) is 12.6. The first-order chi connectivity index (χ1) is 10.1. The fraction of sp³-hybridized carbons (Fsp3) is 0.929. The molecule has 2 rings (SSSR count). The van der Waals surface area contributed by atoms with Crippen LogP contribution in [0.25, 0.3) is 0 Å². The van der Waals surface area contributed by atoms with Crippen molar-refractivity contribution in [3.8, 4) is 0 Å². The van der Waals surface area contributed by atoms with Crippen LogP contribution in [0.15, 0.2) is 0 Å². The number of nitrogens with one attached hydrogen (secondary N) is 1. The first-order valence-corrected chi connectivity index (χ1v) is 7.68. The number of hydrogen-bond donors (Lipinski definition) is 1. The van der Waals surface area contributed by atoms with Gasteiger partial charge in [0.25, 0.3) is 6.43 Å². The zero-order chi connectivity index (χ0) is 15.2. The van der Waals surface area contributed by atoms with Crippen molar-refractivity contribution in [3.63, 3.8) is 0 Å². The molecule has 1 amide bonds. The second-order valence-electron chi connectivity index (χ2n) is 5.89. The second kappa shape index (κ2) is 7.89. The minimum absolute atomic E-state index is 0.119. The molecule has 0 bridgehead atoms. The Hall–Kier alpha value is -0.950. The van der Waals surface area contributed by atoms with E-state index in [9.17, 15) is 13.6 Å². The van der Waals surface area contributed by atoms with E-state index in [0.717, 1.165) is 45.3 Å². The van der Waals surface area contributed by atoms with E-state index in [-0.39, 0.29) is 18.7 Å². The van der Waals surface area contributed by atoms with E-state index in [4.69, 9.17) is 4.74 Å². The molecule has 2 aliphatic heterocycles. The summed E-state index contributed by atoms with van der Waals surface area (Å²) in [4.78, 5) is 15.1. The topological polar surface area (TPSA) is 44.8 Å². The summed E-state index contributed by atoms with van der Waals surface area (Å²) in [6.45, 7) is 2.73. The van der Waals surface area contributed by atoms with E-state index < -0.39 is 6.43 Å². The SMILES string of the molecule is COC(=O)N1CCCC(NC2CCN(CC(F)F)CC2)C1. The number of alkyl halides is 2. The molecule has 2 fully saturated rings. The van der Waals surface area contributed by atoms with Gasteiger partial charge < -0.3 is 15.0 Å². The molecule has 0 aromatic rings. The molecule has 0 aromatic heterocycles. The summed E-state index contributed by atoms with van der Waals surface area (Å²) < 4.78 is 29.4. The number of ether oxygens (including phenoxy) is 1. The lowest BCUT2D eigenvalue weighted by Gasteiger charge is -2.37. The summed E-state index contributed by atoms with van der Waals surface area (Å²) in [5, 5.41) is 3.58. The van der Waals surface area contributed by atoms with Crippen molar-refractivity contribution in [2.75, 3.05) is 39.8 Å². The average Bonchev–Trinajstić information content (AvgIpc) is 2.48. The molecule has 1 N–H and O–H groups in total. The van der Waals surface area contributed by atoms with Gasteiger partial charge in [0, 0.05) is 25.2 Å². The van der Waals surface area contributed by atoms with Crippen molar-refractivity contribution in [1.29, 1.82) is 0 Å². The van der Waals surface area contributed by atoms with Gasteiger partial charge in [0.1, 0.15) is 0 Å². The lowest BCUT2D eigenvalue weighted by molar-refractivity contribution is 0.0693. The Bertz CT molecular complexity index is 336. The lowest BCUT2D eigenvalue weighted by atomic mass is 10.0. The monoisotopic (exact) mass is 305 g/mol. The van der Waals surface area contributed by atoms with Crippen molar-refractivity contribution >= 4 is 6.09 Å². The summed E-state index contributed by atoms with van der Waals surface area (Å²) in [5.74, 6) is 0. The summed E-state index contributed by atoms with van der Waals surface area (Å²) >= 11 is 0. The van der Waals surface area contributed by atoms with Crippen LogP contribution in [0, 0.1) is 0 Å². The van der Waals surface area contributed by atoms with Crippen LogP contribution in [0.4, 0.5) is 13.6 Å². The predicted molar refractivity (Wildman–Crippen MR) is 75.6 cm³/mol. The maximum absolute atomic E-state index is 12.3. The van der Waals surface area contributed by atoms with Gasteiger partial charge in [-0.25, -0.2) is 13.6 Å². The number of hydrogen-bond acceptors (Lipinski definition) is 4. The van der Waals surface area contributed by atoms with E-state index in [0.29, 0.717) is 12.6 Å². The molecule has 2 aliphatic rings. The minimum atomic E-state index is -2.25. The maximum Gasteiger partial charge on any atom is 0.409 e. The van der Waals surface area contributed by atoms with Crippen LogP contribution in [0.3, 0.4) is 0 Å². The third kappa shape index (κ3) is 5.07. The van der Waals surface area contributed by atoms with Crippen molar-refractivity contribution in [1.82, 2.24) is 15.1 Å². The fourth-order valence-electron chi connectivity index (χ4n) is 3.22. The van der Waals surface area contributed by atoms with Gasteiger partial charge in [0.2, 0.25) is 0 Å². The Balaban J connectivity index is 1.72. The van der Waals surface area contributed by atoms with E-state index >= 15 is 0 Å². The van der Waals surface area contributed by atoms with Crippen LogP contribution in [0.2, 0.25) is 0 Å². The van der Waals surface area contributed by atoms with Crippen molar-refractivity contribution < 1.29 is 18.3 Å². The number of methoxy groups -OCH3 is 1. The van der Waals surface area contributed by atoms with Crippen LogP contribution in [0.1, 0.15) is 25.7 Å². The lowest BCUT2D eigenvalue weighted by Crippen LogP contribution is -2.53. The van der Waals surface area contributed by atoms with Gasteiger partial charge in [-0.3, -0.25) is 4.90 Å². The normalized spacial score (nSPS) is 25.3. The number of carbonyl (C=O) groups excluding carboxylic acids is 1. The number of likely N-dealkylation sites (tertiary alicyclic amines) is 2. The van der Waals surface area contributed by atoms with Gasteiger partial charge in [0.05, 0.1) is 13.7 Å². The number of rotatable bonds is 4. The number of nitrogens with zero attached hydrogens (tertiary/aromatic N) is 2. The Morgan fingerprint density at radius 2 is 1.95 bits per heavy atom. The minimum Gasteiger partial charge on any atom is -0.453 e. The van der Waals surface area contributed by atoms with Gasteiger partial charge >= 0.3 is 6.09 Å². The fourth-order valence-corrected chi connectivity index (χ4v) is 3.22. The smallest absolute Gasteiger partial charge is 0.409 e. The first kappa shape index (κ1) is 16.4. The Kier molecular flexibility index (Phi) is 6.17. The van der Waals surface area contributed by atoms with Gasteiger partial charge in [-0.1, -0.05) is 0 Å². The Morgan fingerprint density at radius 3 is 2.57 bits per heavy atom. The standard InChI is InChI=1S/C14H25F2N3O2/c1-21-14(20)19-6-2-3-12(9-19)17-11-4-7-18(8-5-11)10-13(15)16/h11-13,17H,2-10H2,1H3. The van der Waals surface area contributed by atoms with Gasteiger partial charge in [-0.15, -0.1) is 0 Å². The summed E-state index contributed by atoms with van der Waals surface area (Å²) in [5.41, 5.74) is 0. The molecule has 5 nitrogen and oxygen atoms in total. The molecule has 0 radical (unpaired) electrons. The maximum atomic E-state index is 12.3. The van der Waals surface area contributed by atoms with Crippen LogP contribution < -0.4 is 5.32 Å². The average molecular weight is 305 g/mol. The van der Waals surface area contributed by atoms with Crippen molar-refractivity contribution in [2.45, 2.75) is 44.2 Å². The Morgan fingerprint density at radius 1 is 1.24 bits per heavy atom. The van der Waals surface area contributed by atoms with Crippen LogP contribution in [-0.4, -0.2) is 74.2 Å². The molecule has 0 aliphatic carbocycles. The zero-order valence-corrected chi connectivity index (χ0v) is 12.6. The summed E-state index contributed by atoms with van der Waals surface area (Å²) in [6.07, 6.45) is 1.28. The highest BCUT2D eigenvalue weighted by Gasteiger charge is 2.27. The number of amides is 1. The molecule has 0 saturated carbocycles. The number of carbonyl (C=O) groups is 1. The van der Waals surface area contributed by atoms with Crippen LogP contribution in [-0.2, 0) is 4.74 Å². The van der Waals surface area contributed by atoms with Crippen LogP contribution in [0.5, 0.6) is 0 Å². The molecular formula is C14H25F2N3O2. The highest BCUT2D eigenvalue weighted by atomic mass is 19.3. The summed E-state index contributed by atoms with van der Waals surface area (Å²) in [6, 6.07) is 0.644. The highest BCUT2D eigenvalue weighted by Crippen LogP contribution is 2.16.